The van der Waals surface area contributed by atoms with Crippen LogP contribution in [0.15, 0.2) is 11.1 Å². The fourth-order valence-electron chi connectivity index (χ4n) is 1.24. The quantitative estimate of drug-likeness (QED) is 0.500. The molecule has 0 saturated carbocycles. The van der Waals surface area contributed by atoms with E-state index in [-0.39, 0.29) is 0 Å². The Kier molecular flexibility index (Phi) is 9.14. The van der Waals surface area contributed by atoms with Crippen molar-refractivity contribution in [2.45, 2.75) is 58.8 Å². The summed E-state index contributed by atoms with van der Waals surface area (Å²) >= 11 is 5.55. The predicted molar refractivity (Wildman–Crippen MR) is 57.6 cm³/mol. The maximum Gasteiger partial charge on any atom is 0.00316 e. The van der Waals surface area contributed by atoms with Crippen LogP contribution in [0.25, 0.3) is 0 Å². The Labute approximate surface area is 82.0 Å². The first-order valence-corrected chi connectivity index (χ1v) is 5.50. The first kappa shape index (κ1) is 12.0. The average molecular weight is 189 g/mol. The van der Waals surface area contributed by atoms with E-state index in [1.807, 2.05) is 0 Å². The van der Waals surface area contributed by atoms with E-state index in [4.69, 9.17) is 11.6 Å². The van der Waals surface area contributed by atoms with Gasteiger partial charge in [0.2, 0.25) is 0 Å². The van der Waals surface area contributed by atoms with E-state index in [1.165, 1.54) is 50.5 Å². The van der Waals surface area contributed by atoms with E-state index in [0.717, 1.165) is 0 Å². The molecule has 0 bridgehead atoms. The Morgan fingerprint density at radius 1 is 1.08 bits per heavy atom. The van der Waals surface area contributed by atoms with Gasteiger partial charge in [-0.3, -0.25) is 0 Å². The van der Waals surface area contributed by atoms with Gasteiger partial charge in [-0.05, 0) is 19.8 Å². The van der Waals surface area contributed by atoms with Crippen LogP contribution in [-0.4, -0.2) is 0 Å². The average Bonchev–Trinajstić information content (AvgIpc) is 2.10. The van der Waals surface area contributed by atoms with Crippen LogP contribution in [0.2, 0.25) is 0 Å². The van der Waals surface area contributed by atoms with Gasteiger partial charge in [-0.25, -0.2) is 0 Å². The summed E-state index contributed by atoms with van der Waals surface area (Å²) in [6.45, 7) is 4.35. The highest BCUT2D eigenvalue weighted by atomic mass is 35.5. The molecule has 0 unspecified atom stereocenters. The highest BCUT2D eigenvalue weighted by Crippen LogP contribution is 2.11. The molecule has 72 valence electrons. The van der Waals surface area contributed by atoms with Gasteiger partial charge in [0, 0.05) is 5.54 Å². The zero-order valence-electron chi connectivity index (χ0n) is 8.41. The van der Waals surface area contributed by atoms with E-state index in [9.17, 15) is 0 Å². The van der Waals surface area contributed by atoms with Crippen LogP contribution in [-0.2, 0) is 0 Å². The zero-order chi connectivity index (χ0) is 9.23. The number of unbranched alkanes of at least 4 members (excludes halogenated alkanes) is 5. The first-order valence-electron chi connectivity index (χ1n) is 5.07. The Bertz CT molecular complexity index is 116. The van der Waals surface area contributed by atoms with E-state index >= 15 is 0 Å². The van der Waals surface area contributed by atoms with Crippen molar-refractivity contribution in [2.75, 3.05) is 0 Å². The molecule has 0 N–H and O–H groups in total. The second kappa shape index (κ2) is 9.12. The summed E-state index contributed by atoms with van der Waals surface area (Å²) in [7, 11) is 0. The van der Waals surface area contributed by atoms with E-state index in [1.54, 1.807) is 5.54 Å². The van der Waals surface area contributed by atoms with Crippen molar-refractivity contribution in [3.63, 3.8) is 0 Å². The molecule has 0 aromatic rings. The van der Waals surface area contributed by atoms with Crippen LogP contribution in [0.3, 0.4) is 0 Å². The molecule has 0 aromatic carbocycles. The van der Waals surface area contributed by atoms with Crippen molar-refractivity contribution in [3.05, 3.63) is 11.1 Å². The molecule has 0 saturated heterocycles. The monoisotopic (exact) mass is 188 g/mol. The lowest BCUT2D eigenvalue weighted by atomic mass is 10.1. The molecule has 0 aromatic heterocycles. The van der Waals surface area contributed by atoms with E-state index in [2.05, 4.69) is 13.8 Å². The molecular weight excluding hydrogens is 168 g/mol. The lowest BCUT2D eigenvalue weighted by molar-refractivity contribution is 0.606. The number of rotatable bonds is 7. The van der Waals surface area contributed by atoms with Crippen molar-refractivity contribution in [2.24, 2.45) is 0 Å². The van der Waals surface area contributed by atoms with Crippen LogP contribution >= 0.6 is 11.6 Å². The highest BCUT2D eigenvalue weighted by molar-refractivity contribution is 6.25. The molecule has 0 nitrogen and oxygen atoms in total. The fraction of sp³-hybridized carbons (Fsp3) is 0.818. The van der Waals surface area contributed by atoms with Crippen LogP contribution in [0.5, 0.6) is 0 Å². The van der Waals surface area contributed by atoms with Crippen LogP contribution in [0, 0.1) is 0 Å². The van der Waals surface area contributed by atoms with Gasteiger partial charge >= 0.3 is 0 Å². The minimum atomic E-state index is 1.18. The zero-order valence-corrected chi connectivity index (χ0v) is 9.16. The lowest BCUT2D eigenvalue weighted by Gasteiger charge is -2.00. The molecule has 0 rings (SSSR count). The maximum absolute atomic E-state index is 5.55. The maximum atomic E-state index is 5.55. The highest BCUT2D eigenvalue weighted by Gasteiger charge is 1.91. The normalized spacial score (nSPS) is 12.1. The summed E-state index contributed by atoms with van der Waals surface area (Å²) in [5.74, 6) is 0. The van der Waals surface area contributed by atoms with Crippen molar-refractivity contribution < 1.29 is 0 Å². The van der Waals surface area contributed by atoms with Crippen molar-refractivity contribution in [1.29, 1.82) is 0 Å². The van der Waals surface area contributed by atoms with Gasteiger partial charge in [0.15, 0.2) is 0 Å². The van der Waals surface area contributed by atoms with Crippen LogP contribution in [0.1, 0.15) is 58.8 Å². The van der Waals surface area contributed by atoms with Gasteiger partial charge < -0.3 is 0 Å². The number of hydrogen-bond donors (Lipinski definition) is 0. The molecule has 0 radical (unpaired) electrons. The van der Waals surface area contributed by atoms with E-state index < -0.39 is 0 Å². The molecule has 0 atom stereocenters. The lowest BCUT2D eigenvalue weighted by Crippen LogP contribution is -1.80. The third-order valence-corrected chi connectivity index (χ3v) is 2.48. The standard InChI is InChI=1S/C11H21Cl/c1-3-4-5-6-7-8-9-11(2)10-12/h10H,3-9H2,1-2H3/b11-10+. The fourth-order valence-corrected chi connectivity index (χ4v) is 1.35. The van der Waals surface area contributed by atoms with Crippen LogP contribution < -0.4 is 0 Å². The molecule has 1 heteroatoms. The second-order valence-corrected chi connectivity index (χ2v) is 3.69. The minimum absolute atomic E-state index is 1.18. The Hall–Kier alpha value is 0.0300. The molecule has 12 heavy (non-hydrogen) atoms. The van der Waals surface area contributed by atoms with Gasteiger partial charge in [-0.1, -0.05) is 56.2 Å². The summed E-state index contributed by atoms with van der Waals surface area (Å²) in [4.78, 5) is 0. The molecule has 0 fully saturated rings. The minimum Gasteiger partial charge on any atom is -0.0930 e. The van der Waals surface area contributed by atoms with Crippen molar-refractivity contribution in [3.8, 4) is 0 Å². The molecule has 0 amide bonds. The van der Waals surface area contributed by atoms with Crippen LogP contribution in [0.4, 0.5) is 0 Å². The second-order valence-electron chi connectivity index (χ2n) is 3.47. The SMILES string of the molecule is CCCCCCCC/C(C)=C/Cl. The summed E-state index contributed by atoms with van der Waals surface area (Å²) in [6, 6.07) is 0. The number of allylic oxidation sites excluding steroid dienone is 1. The first-order chi connectivity index (χ1) is 5.81. The summed E-state index contributed by atoms with van der Waals surface area (Å²) in [5, 5.41) is 0. The van der Waals surface area contributed by atoms with Gasteiger partial charge in [0.05, 0.1) is 0 Å². The Morgan fingerprint density at radius 3 is 2.25 bits per heavy atom. The Balaban J connectivity index is 3.00. The number of halogens is 1. The topological polar surface area (TPSA) is 0 Å². The summed E-state index contributed by atoms with van der Waals surface area (Å²) < 4.78 is 0. The summed E-state index contributed by atoms with van der Waals surface area (Å²) in [5.41, 5.74) is 3.01. The van der Waals surface area contributed by atoms with E-state index in [0.29, 0.717) is 0 Å². The molecule has 0 aliphatic carbocycles. The van der Waals surface area contributed by atoms with Gasteiger partial charge in [-0.15, -0.1) is 0 Å². The Morgan fingerprint density at radius 2 is 1.67 bits per heavy atom. The van der Waals surface area contributed by atoms with Gasteiger partial charge in [-0.2, -0.15) is 0 Å². The van der Waals surface area contributed by atoms with Crippen molar-refractivity contribution in [1.82, 2.24) is 0 Å². The predicted octanol–water partition coefficient (Wildman–Crippen LogP) is 4.88. The molecular formula is C11H21Cl. The third-order valence-electron chi connectivity index (χ3n) is 2.11. The molecule has 0 aliphatic rings. The molecule has 0 spiro atoms. The van der Waals surface area contributed by atoms with Crippen molar-refractivity contribution >= 4 is 11.6 Å². The van der Waals surface area contributed by atoms with Gasteiger partial charge in [0.1, 0.15) is 0 Å². The molecule has 0 heterocycles. The summed E-state index contributed by atoms with van der Waals surface area (Å²) in [6.07, 6.45) is 9.37. The number of hydrogen-bond acceptors (Lipinski definition) is 0. The molecule has 0 aliphatic heterocycles. The van der Waals surface area contributed by atoms with Gasteiger partial charge in [0.25, 0.3) is 0 Å². The smallest absolute Gasteiger partial charge is 0.00316 e. The largest absolute Gasteiger partial charge is 0.0930 e. The third kappa shape index (κ3) is 8.13.